The van der Waals surface area contributed by atoms with Gasteiger partial charge in [0.15, 0.2) is 0 Å². The van der Waals surface area contributed by atoms with Crippen LogP contribution in [0.15, 0.2) is 66.4 Å². The third-order valence-electron chi connectivity index (χ3n) is 6.40. The first kappa shape index (κ1) is 35.9. The highest BCUT2D eigenvalue weighted by atomic mass is 79.9. The van der Waals surface area contributed by atoms with E-state index in [-0.39, 0.29) is 36.3 Å². The zero-order valence-electron chi connectivity index (χ0n) is 24.1. The first-order chi connectivity index (χ1) is 21.0. The van der Waals surface area contributed by atoms with Gasteiger partial charge in [0, 0.05) is 26.4 Å². The number of nitrogens with one attached hydrogen (secondary N) is 3. The van der Waals surface area contributed by atoms with Crippen molar-refractivity contribution in [3.63, 3.8) is 0 Å². The van der Waals surface area contributed by atoms with Crippen LogP contribution in [0.1, 0.15) is 30.0 Å². The Labute approximate surface area is 290 Å². The second-order valence-electron chi connectivity index (χ2n) is 9.87. The molecular formula is C31H33Br4N3O6. The number of carbonyl (C=O) groups is 3. The Morgan fingerprint density at radius 1 is 0.841 bits per heavy atom. The molecule has 3 rings (SSSR count). The van der Waals surface area contributed by atoms with Gasteiger partial charge in [-0.05, 0) is 130 Å². The SMILES string of the molecule is COc1c(Br)cc(CC(NC(=O)Cc2ccc(OCCCNC(C)=O)cc2)C(=O)NCCc2cc(Br)c(O)c(Br)c2)cc1Br. The van der Waals surface area contributed by atoms with Gasteiger partial charge in [0.05, 0.1) is 38.0 Å². The van der Waals surface area contributed by atoms with Crippen LogP contribution in [0, 0.1) is 0 Å². The minimum absolute atomic E-state index is 0.0760. The summed E-state index contributed by atoms with van der Waals surface area (Å²) in [7, 11) is 1.57. The molecule has 236 valence electrons. The summed E-state index contributed by atoms with van der Waals surface area (Å²) in [6, 6.07) is 13.7. The maximum atomic E-state index is 13.4. The number of halogens is 4. The Hall–Kier alpha value is -2.61. The minimum atomic E-state index is -0.834. The number of rotatable bonds is 15. The van der Waals surface area contributed by atoms with Crippen molar-refractivity contribution in [2.75, 3.05) is 26.8 Å². The van der Waals surface area contributed by atoms with Crippen LogP contribution in [0.5, 0.6) is 17.2 Å². The van der Waals surface area contributed by atoms with Crippen LogP contribution in [0.3, 0.4) is 0 Å². The third kappa shape index (κ3) is 11.4. The number of hydrogen-bond acceptors (Lipinski definition) is 6. The van der Waals surface area contributed by atoms with Gasteiger partial charge in [-0.2, -0.15) is 0 Å². The lowest BCUT2D eigenvalue weighted by Gasteiger charge is -2.20. The zero-order chi connectivity index (χ0) is 32.2. The summed E-state index contributed by atoms with van der Waals surface area (Å²) in [6.07, 6.45) is 1.53. The monoisotopic (exact) mass is 859 g/mol. The number of benzene rings is 3. The van der Waals surface area contributed by atoms with Crippen LogP contribution in [-0.2, 0) is 33.6 Å². The molecule has 0 fully saturated rings. The van der Waals surface area contributed by atoms with E-state index in [1.54, 1.807) is 31.4 Å². The molecule has 4 N–H and O–H groups in total. The van der Waals surface area contributed by atoms with Crippen molar-refractivity contribution < 1.29 is 29.0 Å². The van der Waals surface area contributed by atoms with Crippen molar-refractivity contribution >= 4 is 81.4 Å². The lowest BCUT2D eigenvalue weighted by Crippen LogP contribution is -2.48. The molecule has 0 aliphatic carbocycles. The van der Waals surface area contributed by atoms with Crippen LogP contribution >= 0.6 is 63.7 Å². The first-order valence-corrected chi connectivity index (χ1v) is 16.9. The van der Waals surface area contributed by atoms with Crippen molar-refractivity contribution in [3.8, 4) is 17.2 Å². The molecule has 3 aromatic rings. The Morgan fingerprint density at radius 3 is 2.05 bits per heavy atom. The van der Waals surface area contributed by atoms with Crippen molar-refractivity contribution in [3.05, 3.63) is 83.1 Å². The molecule has 0 aliphatic rings. The largest absolute Gasteiger partial charge is 0.506 e. The van der Waals surface area contributed by atoms with Crippen molar-refractivity contribution in [1.29, 1.82) is 0 Å². The number of carbonyl (C=O) groups excluding carboxylic acids is 3. The summed E-state index contributed by atoms with van der Waals surface area (Å²) in [5.74, 6) is 0.711. The van der Waals surface area contributed by atoms with Crippen LogP contribution in [0.4, 0.5) is 0 Å². The highest BCUT2D eigenvalue weighted by molar-refractivity contribution is 9.11. The van der Waals surface area contributed by atoms with E-state index in [2.05, 4.69) is 79.7 Å². The predicted octanol–water partition coefficient (Wildman–Crippen LogP) is 5.98. The van der Waals surface area contributed by atoms with Gasteiger partial charge in [-0.1, -0.05) is 12.1 Å². The van der Waals surface area contributed by atoms with E-state index >= 15 is 0 Å². The molecule has 3 amide bonds. The molecule has 3 aromatic carbocycles. The Balaban J connectivity index is 1.64. The topological polar surface area (TPSA) is 126 Å². The van der Waals surface area contributed by atoms with Crippen LogP contribution in [-0.4, -0.2) is 55.7 Å². The summed E-state index contributed by atoms with van der Waals surface area (Å²) in [6.45, 7) is 2.80. The lowest BCUT2D eigenvalue weighted by atomic mass is 10.0. The molecule has 0 aromatic heterocycles. The molecule has 1 atom stereocenters. The summed E-state index contributed by atoms with van der Waals surface area (Å²) < 4.78 is 13.6. The fourth-order valence-electron chi connectivity index (χ4n) is 4.25. The summed E-state index contributed by atoms with van der Waals surface area (Å²) in [4.78, 5) is 37.4. The van der Waals surface area contributed by atoms with E-state index in [0.29, 0.717) is 53.0 Å². The van der Waals surface area contributed by atoms with Crippen molar-refractivity contribution in [2.24, 2.45) is 0 Å². The summed E-state index contributed by atoms with van der Waals surface area (Å²) in [5, 5.41) is 18.5. The Morgan fingerprint density at radius 2 is 1.45 bits per heavy atom. The Kier molecular flexibility index (Phi) is 14.5. The van der Waals surface area contributed by atoms with Gasteiger partial charge in [-0.3, -0.25) is 14.4 Å². The van der Waals surface area contributed by atoms with Crippen LogP contribution in [0.2, 0.25) is 0 Å². The standard InChI is InChI=1S/C31H33Br4N3O6/c1-18(39)36-9-3-11-44-22-6-4-19(5-7-22)17-28(40)38-27(16-21-14-25(34)30(43-2)26(35)15-21)31(42)37-10-8-20-12-23(32)29(41)24(33)13-20/h4-7,12-15,27,41H,3,8-11,16-17H2,1-2H3,(H,36,39)(H,37,42)(H,38,40). The molecule has 44 heavy (non-hydrogen) atoms. The summed E-state index contributed by atoms with van der Waals surface area (Å²) >= 11 is 13.7. The van der Waals surface area contributed by atoms with E-state index in [1.807, 2.05) is 24.3 Å². The van der Waals surface area contributed by atoms with Crippen LogP contribution in [0.25, 0.3) is 0 Å². The molecule has 13 heteroatoms. The number of aromatic hydroxyl groups is 1. The van der Waals surface area contributed by atoms with Crippen molar-refractivity contribution in [2.45, 2.75) is 38.6 Å². The van der Waals surface area contributed by atoms with Crippen molar-refractivity contribution in [1.82, 2.24) is 16.0 Å². The molecule has 0 saturated heterocycles. The molecule has 9 nitrogen and oxygen atoms in total. The first-order valence-electron chi connectivity index (χ1n) is 13.7. The van der Waals surface area contributed by atoms with Crippen LogP contribution < -0.4 is 25.4 Å². The van der Waals surface area contributed by atoms with E-state index in [1.165, 1.54) is 6.92 Å². The molecule has 0 radical (unpaired) electrons. The van der Waals surface area contributed by atoms with Gasteiger partial charge >= 0.3 is 0 Å². The maximum absolute atomic E-state index is 13.4. The average molecular weight is 863 g/mol. The van der Waals surface area contributed by atoms with E-state index in [0.717, 1.165) is 25.6 Å². The number of methoxy groups -OCH3 is 1. The van der Waals surface area contributed by atoms with E-state index in [9.17, 15) is 19.5 Å². The van der Waals surface area contributed by atoms with Gasteiger partial charge in [-0.25, -0.2) is 0 Å². The highest BCUT2D eigenvalue weighted by Gasteiger charge is 2.22. The quantitative estimate of drug-likeness (QED) is 0.139. The smallest absolute Gasteiger partial charge is 0.242 e. The fourth-order valence-corrected chi connectivity index (χ4v) is 7.13. The lowest BCUT2D eigenvalue weighted by molar-refractivity contribution is -0.128. The van der Waals surface area contributed by atoms with Gasteiger partial charge in [0.2, 0.25) is 17.7 Å². The van der Waals surface area contributed by atoms with Gasteiger partial charge in [0.1, 0.15) is 23.3 Å². The molecular weight excluding hydrogens is 830 g/mol. The van der Waals surface area contributed by atoms with Gasteiger partial charge in [0.25, 0.3) is 0 Å². The maximum Gasteiger partial charge on any atom is 0.242 e. The fraction of sp³-hybridized carbons (Fsp3) is 0.323. The highest BCUT2D eigenvalue weighted by Crippen LogP contribution is 2.35. The number of amides is 3. The number of hydrogen-bond donors (Lipinski definition) is 4. The molecule has 1 unspecified atom stereocenters. The number of phenols is 1. The average Bonchev–Trinajstić information content (AvgIpc) is 2.96. The molecule has 0 heterocycles. The third-order valence-corrected chi connectivity index (χ3v) is 8.78. The molecule has 0 saturated carbocycles. The van der Waals surface area contributed by atoms with Gasteiger partial charge in [-0.15, -0.1) is 0 Å². The Bertz CT molecular complexity index is 1420. The number of phenolic OH excluding ortho intramolecular Hbond substituents is 1. The molecule has 0 aliphatic heterocycles. The van der Waals surface area contributed by atoms with E-state index < -0.39 is 6.04 Å². The normalized spacial score (nSPS) is 11.4. The summed E-state index contributed by atoms with van der Waals surface area (Å²) in [5.41, 5.74) is 2.49. The minimum Gasteiger partial charge on any atom is -0.506 e. The second kappa shape index (κ2) is 17.8. The second-order valence-corrected chi connectivity index (χ2v) is 13.3. The predicted molar refractivity (Wildman–Crippen MR) is 183 cm³/mol. The van der Waals surface area contributed by atoms with Gasteiger partial charge < -0.3 is 30.5 Å². The molecule has 0 bridgehead atoms. The molecule has 0 spiro atoms. The number of ether oxygens (including phenoxy) is 2. The zero-order valence-corrected chi connectivity index (χ0v) is 30.5. The van der Waals surface area contributed by atoms with E-state index in [4.69, 9.17) is 9.47 Å².